The summed E-state index contributed by atoms with van der Waals surface area (Å²) >= 11 is 0. The Bertz CT molecular complexity index is 534. The van der Waals surface area contributed by atoms with Gasteiger partial charge in [-0.15, -0.1) is 0 Å². The van der Waals surface area contributed by atoms with Crippen molar-refractivity contribution in [2.24, 2.45) is 0 Å². The van der Waals surface area contributed by atoms with Crippen LogP contribution in [0.15, 0.2) is 48.5 Å². The number of nitrogens with zero attached hydrogens (tertiary/aromatic N) is 1. The Morgan fingerprint density at radius 2 is 1.78 bits per heavy atom. The standard InChI is InChI=1S/C16H18N2/c1-18(16-5-3-2-4-6-16)12-13-7-8-14-10-17-11-15(14)9-13/h2-9,17H,10-12H2,1H3. The summed E-state index contributed by atoms with van der Waals surface area (Å²) in [7, 11) is 2.14. The molecule has 2 nitrogen and oxygen atoms in total. The Morgan fingerprint density at radius 1 is 1.00 bits per heavy atom. The maximum Gasteiger partial charge on any atom is 0.0426 e. The maximum atomic E-state index is 3.39. The van der Waals surface area contributed by atoms with Crippen molar-refractivity contribution >= 4 is 5.69 Å². The normalized spacial score (nSPS) is 13.4. The molecule has 18 heavy (non-hydrogen) atoms. The van der Waals surface area contributed by atoms with Crippen LogP contribution in [-0.2, 0) is 19.6 Å². The van der Waals surface area contributed by atoms with Crippen LogP contribution in [0, 0.1) is 0 Å². The van der Waals surface area contributed by atoms with E-state index < -0.39 is 0 Å². The van der Waals surface area contributed by atoms with E-state index in [1.807, 2.05) is 0 Å². The van der Waals surface area contributed by atoms with Gasteiger partial charge in [0.2, 0.25) is 0 Å². The third-order valence-corrected chi connectivity index (χ3v) is 3.52. The quantitative estimate of drug-likeness (QED) is 0.884. The zero-order valence-corrected chi connectivity index (χ0v) is 10.7. The lowest BCUT2D eigenvalue weighted by Crippen LogP contribution is -2.16. The summed E-state index contributed by atoms with van der Waals surface area (Å²) in [6, 6.07) is 17.3. The fourth-order valence-corrected chi connectivity index (χ4v) is 2.49. The molecule has 3 rings (SSSR count). The molecule has 0 bridgehead atoms. The largest absolute Gasteiger partial charge is 0.370 e. The van der Waals surface area contributed by atoms with Crippen molar-refractivity contribution in [3.63, 3.8) is 0 Å². The van der Waals surface area contributed by atoms with E-state index in [0.29, 0.717) is 0 Å². The lowest BCUT2D eigenvalue weighted by Gasteiger charge is -2.19. The Hall–Kier alpha value is -1.80. The number of anilines is 1. The maximum absolute atomic E-state index is 3.39. The molecule has 2 aromatic carbocycles. The van der Waals surface area contributed by atoms with Gasteiger partial charge < -0.3 is 10.2 Å². The number of fused-ring (bicyclic) bond motifs is 1. The SMILES string of the molecule is CN(Cc1ccc2c(c1)CNC2)c1ccccc1. The van der Waals surface area contributed by atoms with Crippen molar-refractivity contribution < 1.29 is 0 Å². The molecule has 0 unspecified atom stereocenters. The number of hydrogen-bond acceptors (Lipinski definition) is 2. The second-order valence-electron chi connectivity index (χ2n) is 4.90. The van der Waals surface area contributed by atoms with Crippen LogP contribution in [0.3, 0.4) is 0 Å². The molecule has 1 heterocycles. The molecule has 0 atom stereocenters. The van der Waals surface area contributed by atoms with E-state index in [9.17, 15) is 0 Å². The van der Waals surface area contributed by atoms with Gasteiger partial charge >= 0.3 is 0 Å². The molecular weight excluding hydrogens is 220 g/mol. The molecular formula is C16H18N2. The van der Waals surface area contributed by atoms with Crippen LogP contribution >= 0.6 is 0 Å². The average molecular weight is 238 g/mol. The zero-order chi connectivity index (χ0) is 12.4. The highest BCUT2D eigenvalue weighted by Crippen LogP contribution is 2.20. The van der Waals surface area contributed by atoms with Gasteiger partial charge in [0.05, 0.1) is 0 Å². The van der Waals surface area contributed by atoms with Crippen LogP contribution in [0.5, 0.6) is 0 Å². The van der Waals surface area contributed by atoms with Crippen LogP contribution in [0.25, 0.3) is 0 Å². The van der Waals surface area contributed by atoms with Gasteiger partial charge in [-0.3, -0.25) is 0 Å². The second kappa shape index (κ2) is 4.83. The van der Waals surface area contributed by atoms with Crippen LogP contribution in [-0.4, -0.2) is 7.05 Å². The van der Waals surface area contributed by atoms with Crippen LogP contribution < -0.4 is 10.2 Å². The van der Waals surface area contributed by atoms with Gasteiger partial charge in [-0.25, -0.2) is 0 Å². The van der Waals surface area contributed by atoms with Crippen LogP contribution in [0.4, 0.5) is 5.69 Å². The summed E-state index contributed by atoms with van der Waals surface area (Å²) in [4.78, 5) is 2.28. The van der Waals surface area contributed by atoms with E-state index in [1.54, 1.807) is 0 Å². The van der Waals surface area contributed by atoms with Gasteiger partial charge in [0.15, 0.2) is 0 Å². The summed E-state index contributed by atoms with van der Waals surface area (Å²) in [6.45, 7) is 2.99. The molecule has 2 heteroatoms. The van der Waals surface area contributed by atoms with Gasteiger partial charge in [-0.1, -0.05) is 36.4 Å². The molecule has 0 amide bonds. The van der Waals surface area contributed by atoms with Crippen LogP contribution in [0.1, 0.15) is 16.7 Å². The second-order valence-corrected chi connectivity index (χ2v) is 4.90. The summed E-state index contributed by atoms with van der Waals surface area (Å²) in [5, 5.41) is 3.39. The van der Waals surface area contributed by atoms with Crippen molar-refractivity contribution in [3.05, 3.63) is 65.2 Å². The third kappa shape index (κ3) is 2.24. The highest BCUT2D eigenvalue weighted by atomic mass is 15.1. The first-order chi connectivity index (χ1) is 8.83. The first-order valence-corrected chi connectivity index (χ1v) is 6.40. The molecule has 0 saturated carbocycles. The van der Waals surface area contributed by atoms with Gasteiger partial charge in [0, 0.05) is 32.4 Å². The molecule has 0 radical (unpaired) electrons. The minimum absolute atomic E-state index is 0.956. The molecule has 0 fully saturated rings. The summed E-state index contributed by atoms with van der Waals surface area (Å²) < 4.78 is 0. The zero-order valence-electron chi connectivity index (χ0n) is 10.7. The summed E-state index contributed by atoms with van der Waals surface area (Å²) in [5.41, 5.74) is 5.54. The smallest absolute Gasteiger partial charge is 0.0426 e. The molecule has 0 aromatic heterocycles. The number of rotatable bonds is 3. The molecule has 92 valence electrons. The molecule has 1 N–H and O–H groups in total. The van der Waals surface area contributed by atoms with Crippen molar-refractivity contribution in [1.82, 2.24) is 5.32 Å². The van der Waals surface area contributed by atoms with Crippen LogP contribution in [0.2, 0.25) is 0 Å². The summed E-state index contributed by atoms with van der Waals surface area (Å²) in [5.74, 6) is 0. The number of hydrogen-bond donors (Lipinski definition) is 1. The fourth-order valence-electron chi connectivity index (χ4n) is 2.49. The molecule has 0 spiro atoms. The number of nitrogens with one attached hydrogen (secondary N) is 1. The van der Waals surface area contributed by atoms with Crippen molar-refractivity contribution in [2.45, 2.75) is 19.6 Å². The Labute approximate surface area is 108 Å². The highest BCUT2D eigenvalue weighted by Gasteiger charge is 2.10. The Balaban J connectivity index is 1.77. The topological polar surface area (TPSA) is 15.3 Å². The molecule has 0 aliphatic carbocycles. The van der Waals surface area contributed by atoms with E-state index in [1.165, 1.54) is 22.4 Å². The van der Waals surface area contributed by atoms with E-state index in [-0.39, 0.29) is 0 Å². The average Bonchev–Trinajstić information content (AvgIpc) is 2.87. The molecule has 1 aliphatic rings. The predicted molar refractivity (Wildman–Crippen MR) is 75.5 cm³/mol. The molecule has 0 saturated heterocycles. The van der Waals surface area contributed by atoms with E-state index in [4.69, 9.17) is 0 Å². The first-order valence-electron chi connectivity index (χ1n) is 6.40. The Morgan fingerprint density at radius 3 is 2.61 bits per heavy atom. The third-order valence-electron chi connectivity index (χ3n) is 3.52. The van der Waals surface area contributed by atoms with Gasteiger partial charge in [-0.2, -0.15) is 0 Å². The van der Waals surface area contributed by atoms with E-state index >= 15 is 0 Å². The minimum Gasteiger partial charge on any atom is -0.370 e. The van der Waals surface area contributed by atoms with Gasteiger partial charge in [-0.05, 0) is 28.8 Å². The van der Waals surface area contributed by atoms with Gasteiger partial charge in [0.25, 0.3) is 0 Å². The molecule has 2 aromatic rings. The van der Waals surface area contributed by atoms with Crippen molar-refractivity contribution in [1.29, 1.82) is 0 Å². The Kier molecular flexibility index (Phi) is 3.03. The summed E-state index contributed by atoms with van der Waals surface area (Å²) in [6.07, 6.45) is 0. The number of para-hydroxylation sites is 1. The van der Waals surface area contributed by atoms with Crippen molar-refractivity contribution in [2.75, 3.05) is 11.9 Å². The fraction of sp³-hybridized carbons (Fsp3) is 0.250. The minimum atomic E-state index is 0.956. The lowest BCUT2D eigenvalue weighted by molar-refractivity contribution is 0.764. The highest BCUT2D eigenvalue weighted by molar-refractivity contribution is 5.46. The molecule has 1 aliphatic heterocycles. The predicted octanol–water partition coefficient (Wildman–Crippen LogP) is 2.93. The van der Waals surface area contributed by atoms with Crippen molar-refractivity contribution in [3.8, 4) is 0 Å². The lowest BCUT2D eigenvalue weighted by atomic mass is 10.1. The van der Waals surface area contributed by atoms with E-state index in [0.717, 1.165) is 19.6 Å². The van der Waals surface area contributed by atoms with E-state index in [2.05, 4.69) is 65.8 Å². The first kappa shape index (κ1) is 11.3. The monoisotopic (exact) mass is 238 g/mol. The number of benzene rings is 2. The van der Waals surface area contributed by atoms with Gasteiger partial charge in [0.1, 0.15) is 0 Å².